The first-order valence-corrected chi connectivity index (χ1v) is 10.9. The Bertz CT molecular complexity index is 1050. The Kier molecular flexibility index (Phi) is 7.13. The van der Waals surface area contributed by atoms with Crippen molar-refractivity contribution in [2.45, 2.75) is 52.1 Å². The highest BCUT2D eigenvalue weighted by Crippen LogP contribution is 2.30. The maximum absolute atomic E-state index is 12.8. The van der Waals surface area contributed by atoms with Gasteiger partial charge in [0.2, 0.25) is 5.91 Å². The molecule has 3 rings (SSSR count). The standard InChI is InChI=1S/C23H31N7O2/c1-6-7-16(3)25-23(32)30-13-10-18-21(26-17(4)27-22(18)30)28(5)19-14-29(12-9-15(19)2)20(31)8-11-24/h6,10,13,15-16,19H,1,7-9,12,14H2,2-5H3,(H,25,32)/t15-,16?,19+/m1/s1. The predicted molar refractivity (Wildman–Crippen MR) is 123 cm³/mol. The lowest BCUT2D eigenvalue weighted by Crippen LogP contribution is -2.52. The Morgan fingerprint density at radius 2 is 2.22 bits per heavy atom. The van der Waals surface area contributed by atoms with Crippen molar-refractivity contribution in [2.75, 3.05) is 25.0 Å². The molecule has 0 aliphatic carbocycles. The quantitative estimate of drug-likeness (QED) is 0.697. The lowest BCUT2D eigenvalue weighted by Gasteiger charge is -2.42. The molecule has 0 bridgehead atoms. The number of rotatable bonds is 6. The molecule has 0 spiro atoms. The van der Waals surface area contributed by atoms with Gasteiger partial charge in [0.15, 0.2) is 5.65 Å². The fraction of sp³-hybridized carbons (Fsp3) is 0.522. The molecule has 3 atom stereocenters. The normalized spacial score (nSPS) is 19.3. The molecule has 1 aliphatic rings. The summed E-state index contributed by atoms with van der Waals surface area (Å²) >= 11 is 0. The van der Waals surface area contributed by atoms with Gasteiger partial charge < -0.3 is 15.1 Å². The Morgan fingerprint density at radius 1 is 1.47 bits per heavy atom. The van der Waals surface area contributed by atoms with Gasteiger partial charge >= 0.3 is 6.03 Å². The van der Waals surface area contributed by atoms with Crippen LogP contribution in [0.25, 0.3) is 11.0 Å². The maximum atomic E-state index is 12.8. The van der Waals surface area contributed by atoms with Crippen LogP contribution in [0.5, 0.6) is 0 Å². The second kappa shape index (κ2) is 9.81. The molecule has 1 fully saturated rings. The largest absolute Gasteiger partial charge is 0.354 e. The second-order valence-electron chi connectivity index (χ2n) is 8.51. The average molecular weight is 438 g/mol. The summed E-state index contributed by atoms with van der Waals surface area (Å²) < 4.78 is 1.51. The van der Waals surface area contributed by atoms with Crippen molar-refractivity contribution in [3.63, 3.8) is 0 Å². The Hall–Kier alpha value is -3.41. The van der Waals surface area contributed by atoms with Gasteiger partial charge in [-0.3, -0.25) is 9.36 Å². The molecule has 9 heteroatoms. The third-order valence-electron chi connectivity index (χ3n) is 6.08. The molecule has 2 amide bonds. The van der Waals surface area contributed by atoms with Gasteiger partial charge in [-0.25, -0.2) is 14.8 Å². The van der Waals surface area contributed by atoms with Crippen LogP contribution in [0.4, 0.5) is 10.6 Å². The molecule has 0 radical (unpaired) electrons. The number of likely N-dealkylation sites (tertiary alicyclic amines) is 1. The third-order valence-corrected chi connectivity index (χ3v) is 6.08. The number of nitrogens with zero attached hydrogens (tertiary/aromatic N) is 6. The molecule has 1 N–H and O–H groups in total. The first-order valence-electron chi connectivity index (χ1n) is 10.9. The van der Waals surface area contributed by atoms with E-state index in [4.69, 9.17) is 5.26 Å². The van der Waals surface area contributed by atoms with Crippen molar-refractivity contribution in [2.24, 2.45) is 5.92 Å². The molecule has 0 aromatic carbocycles. The highest BCUT2D eigenvalue weighted by atomic mass is 16.2. The number of hydrogen-bond donors (Lipinski definition) is 1. The first kappa shape index (κ1) is 23.3. The zero-order valence-corrected chi connectivity index (χ0v) is 19.2. The van der Waals surface area contributed by atoms with E-state index in [1.807, 2.05) is 26.1 Å². The fourth-order valence-corrected chi connectivity index (χ4v) is 4.24. The number of carbonyl (C=O) groups is 2. The molecule has 1 unspecified atom stereocenters. The summed E-state index contributed by atoms with van der Waals surface area (Å²) in [5.74, 6) is 1.48. The van der Waals surface area contributed by atoms with Gasteiger partial charge in [0.25, 0.3) is 0 Å². The van der Waals surface area contributed by atoms with E-state index >= 15 is 0 Å². The van der Waals surface area contributed by atoms with E-state index in [1.54, 1.807) is 24.1 Å². The lowest BCUT2D eigenvalue weighted by molar-refractivity contribution is -0.131. The van der Waals surface area contributed by atoms with E-state index < -0.39 is 0 Å². The van der Waals surface area contributed by atoms with Gasteiger partial charge in [0.1, 0.15) is 18.1 Å². The monoisotopic (exact) mass is 437 g/mol. The molecule has 170 valence electrons. The van der Waals surface area contributed by atoms with Crippen LogP contribution < -0.4 is 10.2 Å². The van der Waals surface area contributed by atoms with Crippen LogP contribution in [0, 0.1) is 24.2 Å². The van der Waals surface area contributed by atoms with E-state index in [2.05, 4.69) is 33.7 Å². The summed E-state index contributed by atoms with van der Waals surface area (Å²) in [5.41, 5.74) is 0.545. The minimum Gasteiger partial charge on any atom is -0.354 e. The van der Waals surface area contributed by atoms with Gasteiger partial charge in [0.05, 0.1) is 17.5 Å². The number of nitrogens with one attached hydrogen (secondary N) is 1. The minimum absolute atomic E-state index is 0.0358. The molecule has 32 heavy (non-hydrogen) atoms. The second-order valence-corrected chi connectivity index (χ2v) is 8.51. The van der Waals surface area contributed by atoms with Gasteiger partial charge in [0, 0.05) is 32.4 Å². The first-order chi connectivity index (χ1) is 15.3. The number of hydrogen-bond acceptors (Lipinski definition) is 6. The summed E-state index contributed by atoms with van der Waals surface area (Å²) in [6.45, 7) is 10.8. The van der Waals surface area contributed by atoms with Crippen molar-refractivity contribution in [1.82, 2.24) is 24.8 Å². The summed E-state index contributed by atoms with van der Waals surface area (Å²) in [4.78, 5) is 38.1. The maximum Gasteiger partial charge on any atom is 0.327 e. The molecular weight excluding hydrogens is 406 g/mol. The minimum atomic E-state index is -0.250. The zero-order valence-electron chi connectivity index (χ0n) is 19.2. The van der Waals surface area contributed by atoms with E-state index in [0.29, 0.717) is 36.9 Å². The van der Waals surface area contributed by atoms with Crippen molar-refractivity contribution < 1.29 is 9.59 Å². The fourth-order valence-electron chi connectivity index (χ4n) is 4.24. The number of likely N-dealkylation sites (N-methyl/N-ethyl adjacent to an activating group) is 1. The van der Waals surface area contributed by atoms with E-state index in [1.165, 1.54) is 4.57 Å². The van der Waals surface area contributed by atoms with E-state index in [-0.39, 0.29) is 30.4 Å². The summed E-state index contributed by atoms with van der Waals surface area (Å²) in [6.07, 6.45) is 4.90. The Balaban J connectivity index is 1.92. The predicted octanol–water partition coefficient (Wildman–Crippen LogP) is 2.85. The molecule has 1 saturated heterocycles. The number of aryl methyl sites for hydroxylation is 1. The number of nitriles is 1. The molecule has 2 aromatic heterocycles. The van der Waals surface area contributed by atoms with Crippen molar-refractivity contribution in [1.29, 1.82) is 5.26 Å². The summed E-state index contributed by atoms with van der Waals surface area (Å²) in [6, 6.07) is 3.54. The van der Waals surface area contributed by atoms with Crippen LogP contribution in [0.3, 0.4) is 0 Å². The Morgan fingerprint density at radius 3 is 2.91 bits per heavy atom. The van der Waals surface area contributed by atoms with Crippen LogP contribution in [0.15, 0.2) is 24.9 Å². The molecule has 9 nitrogen and oxygen atoms in total. The number of anilines is 1. The van der Waals surface area contributed by atoms with Crippen LogP contribution in [-0.2, 0) is 4.79 Å². The highest BCUT2D eigenvalue weighted by Gasteiger charge is 2.33. The zero-order chi connectivity index (χ0) is 23.4. The molecule has 3 heterocycles. The van der Waals surface area contributed by atoms with Gasteiger partial charge in [-0.15, -0.1) is 6.58 Å². The van der Waals surface area contributed by atoms with Crippen LogP contribution in [0.2, 0.25) is 0 Å². The third kappa shape index (κ3) is 4.74. The van der Waals surface area contributed by atoms with Crippen molar-refractivity contribution in [3.05, 3.63) is 30.7 Å². The molecular formula is C23H31N7O2. The molecule has 0 saturated carbocycles. The number of amides is 2. The topological polar surface area (TPSA) is 107 Å². The van der Waals surface area contributed by atoms with Crippen molar-refractivity contribution in [3.8, 4) is 6.07 Å². The highest BCUT2D eigenvalue weighted by molar-refractivity contribution is 5.95. The summed E-state index contributed by atoms with van der Waals surface area (Å²) in [5, 5.41) is 12.6. The van der Waals surface area contributed by atoms with Gasteiger partial charge in [-0.05, 0) is 38.7 Å². The van der Waals surface area contributed by atoms with Gasteiger partial charge in [-0.1, -0.05) is 13.0 Å². The average Bonchev–Trinajstić information content (AvgIpc) is 3.17. The van der Waals surface area contributed by atoms with Crippen LogP contribution in [0.1, 0.15) is 38.9 Å². The number of piperidine rings is 1. The van der Waals surface area contributed by atoms with Crippen molar-refractivity contribution >= 4 is 28.8 Å². The van der Waals surface area contributed by atoms with E-state index in [9.17, 15) is 9.59 Å². The number of fused-ring (bicyclic) bond motifs is 1. The number of aromatic nitrogens is 3. The molecule has 2 aromatic rings. The van der Waals surface area contributed by atoms with Crippen LogP contribution in [-0.4, -0.2) is 63.6 Å². The lowest BCUT2D eigenvalue weighted by atomic mass is 9.92. The smallest absolute Gasteiger partial charge is 0.327 e. The van der Waals surface area contributed by atoms with Crippen LogP contribution >= 0.6 is 0 Å². The number of carbonyl (C=O) groups excluding carboxylic acids is 2. The molecule has 1 aliphatic heterocycles. The Labute approximate surface area is 188 Å². The van der Waals surface area contributed by atoms with Gasteiger partial charge in [-0.2, -0.15) is 5.26 Å². The van der Waals surface area contributed by atoms with E-state index in [0.717, 1.165) is 17.6 Å². The SMILES string of the molecule is C=CCC(C)NC(=O)n1ccc2c(N(C)[C@H]3CN(C(=O)CC#N)CC[C@H]3C)nc(C)nc21. The summed E-state index contributed by atoms with van der Waals surface area (Å²) in [7, 11) is 1.96.